The summed E-state index contributed by atoms with van der Waals surface area (Å²) in [6.45, 7) is 2.96. The summed E-state index contributed by atoms with van der Waals surface area (Å²) in [5.41, 5.74) is 5.21. The van der Waals surface area contributed by atoms with Crippen molar-refractivity contribution in [3.05, 3.63) is 103 Å². The van der Waals surface area contributed by atoms with Gasteiger partial charge in [-0.05, 0) is 102 Å². The highest BCUT2D eigenvalue weighted by atomic mass is 16.8. The number of nitrogens with two attached hydrogens (primary N) is 1. The van der Waals surface area contributed by atoms with Gasteiger partial charge < -0.3 is 159 Å². The van der Waals surface area contributed by atoms with Crippen molar-refractivity contribution in [2.24, 2.45) is 5.73 Å². The molecule has 9 rings (SSSR count). The minimum atomic E-state index is -1.69. The molecule has 0 aromatic heterocycles. The van der Waals surface area contributed by atoms with Gasteiger partial charge >= 0.3 is 17.9 Å². The van der Waals surface area contributed by atoms with E-state index in [4.69, 9.17) is 76.8 Å². The van der Waals surface area contributed by atoms with Gasteiger partial charge in [0.25, 0.3) is 17.1 Å². The molecule has 6 fully saturated rings. The Kier molecular flexibility index (Phi) is 42.3. The second kappa shape index (κ2) is 51.0. The zero-order chi connectivity index (χ0) is 91.2. The van der Waals surface area contributed by atoms with Gasteiger partial charge in [-0.15, -0.1) is 0 Å². The van der Waals surface area contributed by atoms with Crippen LogP contribution in [-0.2, 0) is 85.6 Å². The number of carbonyl (C=O) groups is 6. The number of carbonyl (C=O) groups excluding carboxylic acids is 6. The van der Waals surface area contributed by atoms with Crippen LogP contribution in [0.2, 0.25) is 0 Å². The first-order valence-electron chi connectivity index (χ1n) is 40.1. The van der Waals surface area contributed by atoms with Crippen LogP contribution in [-0.4, -0.2) is 340 Å². The Hall–Kier alpha value is -8.20. The highest BCUT2D eigenvalue weighted by Gasteiger charge is 2.56. The third-order valence-corrected chi connectivity index (χ3v) is 20.3. The molecule has 6 heterocycles. The van der Waals surface area contributed by atoms with E-state index < -0.39 is 243 Å². The molecule has 0 saturated carbocycles. The molecule has 6 aliphatic rings. The van der Waals surface area contributed by atoms with E-state index in [1.54, 1.807) is 0 Å². The lowest BCUT2D eigenvalue weighted by Crippen LogP contribution is -2.68. The predicted molar refractivity (Wildman–Crippen MR) is 413 cm³/mol. The molecule has 47 heteroatoms. The monoisotopic (exact) mass is 1780 g/mol. The molecule has 0 bridgehead atoms. The largest absolute Gasteiger partial charge is 0.427 e. The fourth-order valence-corrected chi connectivity index (χ4v) is 13.6. The Labute approximate surface area is 708 Å². The van der Waals surface area contributed by atoms with E-state index in [9.17, 15) is 131 Å². The van der Waals surface area contributed by atoms with Crippen LogP contribution in [0.5, 0.6) is 17.2 Å². The molecule has 47 nitrogen and oxygen atoms in total. The van der Waals surface area contributed by atoms with Gasteiger partial charge in [-0.3, -0.25) is 59.1 Å². The van der Waals surface area contributed by atoms with Gasteiger partial charge in [0, 0.05) is 102 Å². The summed E-state index contributed by atoms with van der Waals surface area (Å²) in [4.78, 5) is 102. The number of non-ortho nitro benzene ring substituents is 3. The van der Waals surface area contributed by atoms with E-state index in [0.29, 0.717) is 51.5 Å². The Morgan fingerprint density at radius 2 is 0.694 bits per heavy atom. The van der Waals surface area contributed by atoms with Crippen LogP contribution in [0.1, 0.15) is 118 Å². The van der Waals surface area contributed by atoms with Crippen molar-refractivity contribution in [3.8, 4) is 17.2 Å². The molecule has 696 valence electrons. The van der Waals surface area contributed by atoms with Gasteiger partial charge in [-0.1, -0.05) is 0 Å². The van der Waals surface area contributed by atoms with Gasteiger partial charge in [0.05, 0.1) is 72.2 Å². The molecule has 28 atom stereocenters. The summed E-state index contributed by atoms with van der Waals surface area (Å²) in [6, 6.07) is 12.6. The molecule has 0 spiro atoms. The molecule has 2 amide bonds. The number of benzene rings is 3. The van der Waals surface area contributed by atoms with E-state index in [2.05, 4.69) is 10.6 Å². The number of nitrogens with zero attached hydrogens (tertiary/aromatic N) is 3. The Bertz CT molecular complexity index is 3730. The van der Waals surface area contributed by atoms with Crippen LogP contribution in [0.15, 0.2) is 72.8 Å². The summed E-state index contributed by atoms with van der Waals surface area (Å²) in [6.07, 6.45) is -32.1. The lowest BCUT2D eigenvalue weighted by atomic mass is 9.95. The minimum absolute atomic E-state index is 0.0114. The Morgan fingerprint density at radius 3 is 0.992 bits per heavy atom. The fraction of sp³-hybridized carbons (Fsp3) is 0.688. The number of aliphatic hydroxyl groups excluding tert-OH is 14. The van der Waals surface area contributed by atoms with Crippen LogP contribution < -0.4 is 30.6 Å². The third kappa shape index (κ3) is 30.8. The van der Waals surface area contributed by atoms with E-state index in [1.165, 1.54) is 93.6 Å². The molecule has 12 unspecified atom stereocenters. The second-order valence-electron chi connectivity index (χ2n) is 29.8. The van der Waals surface area contributed by atoms with Crippen molar-refractivity contribution in [1.29, 1.82) is 0 Å². The van der Waals surface area contributed by atoms with Crippen LogP contribution in [0, 0.1) is 30.3 Å². The highest BCUT2D eigenvalue weighted by Crippen LogP contribution is 2.37. The number of hydrogen-bond donors (Lipinski definition) is 17. The maximum atomic E-state index is 12.5. The lowest BCUT2D eigenvalue weighted by Gasteiger charge is -2.49. The molecule has 6 aliphatic heterocycles. The topological polar surface area (TPSA) is 704 Å². The van der Waals surface area contributed by atoms with Crippen LogP contribution in [0.3, 0.4) is 0 Å². The summed E-state index contributed by atoms with van der Waals surface area (Å²) in [5.74, 6) is -2.25. The van der Waals surface area contributed by atoms with E-state index >= 15 is 0 Å². The quantitative estimate of drug-likeness (QED) is 0.00889. The van der Waals surface area contributed by atoms with Crippen LogP contribution >= 0.6 is 0 Å². The molecule has 3 aromatic rings. The number of nitro groups is 3. The van der Waals surface area contributed by atoms with Crippen LogP contribution in [0.25, 0.3) is 0 Å². The van der Waals surface area contributed by atoms with Crippen molar-refractivity contribution in [3.63, 3.8) is 0 Å². The smallest absolute Gasteiger partial charge is 0.311 e. The Balaban J connectivity index is 0.000000273. The first kappa shape index (κ1) is 103. The predicted octanol–water partition coefficient (Wildman–Crippen LogP) is -2.96. The molecule has 18 N–H and O–H groups in total. The normalized spacial score (nSPS) is 32.3. The van der Waals surface area contributed by atoms with Crippen molar-refractivity contribution < 1.29 is 186 Å². The van der Waals surface area contributed by atoms with Gasteiger partial charge in [-0.2, -0.15) is 0 Å². The van der Waals surface area contributed by atoms with Gasteiger partial charge in [0.15, 0.2) is 37.7 Å². The number of rotatable bonds is 40. The lowest BCUT2D eigenvalue weighted by molar-refractivity contribution is -0.385. The maximum absolute atomic E-state index is 12.5. The van der Waals surface area contributed by atoms with Crippen molar-refractivity contribution in [2.75, 3.05) is 46.2 Å². The van der Waals surface area contributed by atoms with Crippen molar-refractivity contribution in [1.82, 2.24) is 10.6 Å². The number of unbranched alkanes of at least 4 members (excludes halogenated alkanes) is 3. The van der Waals surface area contributed by atoms with Gasteiger partial charge in [0.2, 0.25) is 11.8 Å². The summed E-state index contributed by atoms with van der Waals surface area (Å²) >= 11 is 0. The second-order valence-corrected chi connectivity index (χ2v) is 29.8. The van der Waals surface area contributed by atoms with Gasteiger partial charge in [0.1, 0.15) is 133 Å². The van der Waals surface area contributed by atoms with Crippen LogP contribution in [0.4, 0.5) is 17.1 Å². The number of nitro benzene ring substituents is 3. The van der Waals surface area contributed by atoms with E-state index in [-0.39, 0.29) is 98.3 Å². The zero-order valence-corrected chi connectivity index (χ0v) is 68.1. The number of ether oxygens (including phenoxy) is 15. The number of aliphatic hydroxyl groups is 14. The first-order valence-corrected chi connectivity index (χ1v) is 40.1. The van der Waals surface area contributed by atoms with E-state index in [1.807, 2.05) is 0 Å². The molecule has 0 aliphatic carbocycles. The molecule has 0 radical (unpaired) electrons. The van der Waals surface area contributed by atoms with Crippen molar-refractivity contribution in [2.45, 2.75) is 289 Å². The number of ketones is 1. The molecule has 124 heavy (non-hydrogen) atoms. The molecular formula is C77H112N6O41. The summed E-state index contributed by atoms with van der Waals surface area (Å²) < 4.78 is 85.8. The summed E-state index contributed by atoms with van der Waals surface area (Å²) in [7, 11) is 0. The standard InChI is InChI=1S/C36H54N2O19.C23H42N2O14.C18H16N2O8/c1-18-29(45)23(43)15-27(52-18)56-34-33(57-35-28(37-19(2)41)32(48)30(46)24(16-39)54-35)31(47)25(17-40)55-36(34)51-14-6-5-8-21(42)7-3-4-9-26(44)53-22-12-10-20(11-13-22)38(49)50;1-9-16(30)11(29)6-14(35-9)38-21-20(18(32)13(8-27)37-23(21)34-5-3-4-24)39-22-15(25-10(2)28)19(33)17(31)12(7-26)36-22;21-17(27-15-9-5-13(6-10-15)19(23)24)3-1-2-4-18(22)28-16-11-7-14(8-12-16)20(25)26/h10-13,18,23-25,27-36,39-40,43,45-48H,3-9,14-17H2,1-2H3,(H,37,41);9,11-23,26-27,29-33H,3-8,24H2,1-2H3,(H,25,28);5-12H,1-4H2/t18?,23?,24?,25?,27-,28?,29+,30-,31-,32+,33-,34?,35+,36+;9?,11?,12?,13?,14-,15?,16+,17-,18-,19+,20-,21?,22+,23+;/m00./s1. The van der Waals surface area contributed by atoms with Crippen molar-refractivity contribution >= 4 is 52.6 Å². The SMILES string of the molecule is CC(=O)NC1[C@@H](O[C@@H]2C(O[C@H]3CC(O)[C@H](O)C(C)O3)[C@H](OCCCCC(=O)CCCCC(=O)Oc3ccc([N+](=O)[O-])cc3)OC(CO)[C@@H]2O)OC(CO)[C@H](O)[C@@H]1O.CC(=O)NC1[C@@H](O[C@@H]2C(O[C@H]3CC(O)[C@H](O)C(C)O3)[C@H](OCCCN)OC(CO)[C@@H]2O)OC(CO)[C@H](O)[C@@H]1O.O=C(CCCCC(=O)Oc1ccc([N+](=O)[O-])cc1)Oc1ccc([N+](=O)[O-])cc1. The molecular weight excluding hydrogens is 1660 g/mol. The number of amides is 2. The third-order valence-electron chi connectivity index (χ3n) is 20.3. The average molecular weight is 1780 g/mol. The number of Topliss-reactive ketones (excluding diaryl/α,β-unsaturated/α-hetero) is 1. The average Bonchev–Trinajstić information content (AvgIpc) is 0.774. The number of nitrogens with one attached hydrogen (secondary N) is 2. The van der Waals surface area contributed by atoms with E-state index in [0.717, 1.165) is 6.92 Å². The number of hydrogen-bond acceptors (Lipinski definition) is 42. The fourth-order valence-electron chi connectivity index (χ4n) is 13.6. The number of esters is 3. The highest BCUT2D eigenvalue weighted by molar-refractivity contribution is 5.78. The zero-order valence-electron chi connectivity index (χ0n) is 68.1. The van der Waals surface area contributed by atoms with Gasteiger partial charge in [-0.25, -0.2) is 0 Å². The molecule has 6 saturated heterocycles. The summed E-state index contributed by atoms with van der Waals surface area (Å²) in [5, 5.41) is 182. The minimum Gasteiger partial charge on any atom is -0.427 e. The Morgan fingerprint density at radius 1 is 0.395 bits per heavy atom. The maximum Gasteiger partial charge on any atom is 0.311 e. The first-order chi connectivity index (χ1) is 59.0. The molecule has 3 aromatic carbocycles.